The lowest BCUT2D eigenvalue weighted by Crippen LogP contribution is -2.35. The molecule has 5 heteroatoms. The van der Waals surface area contributed by atoms with E-state index in [1.807, 2.05) is 31.5 Å². The Kier molecular flexibility index (Phi) is 9.95. The third-order valence-electron chi connectivity index (χ3n) is 5.47. The van der Waals surface area contributed by atoms with Crippen LogP contribution in [0.5, 0.6) is 0 Å². The van der Waals surface area contributed by atoms with Crippen LogP contribution in [0.15, 0.2) is 36.7 Å². The minimum Gasteiger partial charge on any atom is -0.479 e. The molecule has 1 aromatic heterocycles. The number of hydrogen-bond acceptors (Lipinski definition) is 4. The highest BCUT2D eigenvalue weighted by molar-refractivity contribution is 5.79. The molecule has 164 valence electrons. The number of rotatable bonds is 14. The van der Waals surface area contributed by atoms with E-state index in [-0.39, 0.29) is 0 Å². The monoisotopic (exact) mass is 412 g/mol. The van der Waals surface area contributed by atoms with Gasteiger partial charge in [0, 0.05) is 24.6 Å². The minimum atomic E-state index is -1.35. The van der Waals surface area contributed by atoms with Crippen LogP contribution in [0.2, 0.25) is 0 Å². The Morgan fingerprint density at radius 2 is 1.53 bits per heavy atom. The molecule has 1 aromatic carbocycles. The number of hydrogen-bond donors (Lipinski definition) is 1. The molecule has 0 saturated heterocycles. The first-order valence-corrected chi connectivity index (χ1v) is 11.3. The predicted molar refractivity (Wildman–Crippen MR) is 120 cm³/mol. The summed E-state index contributed by atoms with van der Waals surface area (Å²) in [6.07, 6.45) is 14.6. The third-order valence-corrected chi connectivity index (χ3v) is 5.47. The Balaban J connectivity index is 1.93. The number of carbonyl (C=O) groups is 1. The maximum Gasteiger partial charge on any atom is 0.340 e. The average molecular weight is 413 g/mol. The van der Waals surface area contributed by atoms with Crippen LogP contribution in [0.25, 0.3) is 11.4 Å². The molecule has 2 aromatic rings. The van der Waals surface area contributed by atoms with Crippen molar-refractivity contribution < 1.29 is 14.6 Å². The fourth-order valence-electron chi connectivity index (χ4n) is 3.43. The van der Waals surface area contributed by atoms with Crippen LogP contribution in [0, 0.1) is 0 Å². The minimum absolute atomic E-state index is 0.397. The number of carboxylic acids is 1. The lowest BCUT2D eigenvalue weighted by molar-refractivity contribution is -0.165. The Bertz CT molecular complexity index is 759. The Morgan fingerprint density at radius 3 is 2.10 bits per heavy atom. The lowest BCUT2D eigenvalue weighted by atomic mass is 9.94. The second-order valence-corrected chi connectivity index (χ2v) is 8.05. The van der Waals surface area contributed by atoms with Gasteiger partial charge in [0.05, 0.1) is 0 Å². The summed E-state index contributed by atoms with van der Waals surface area (Å²) < 4.78 is 5.63. The zero-order valence-electron chi connectivity index (χ0n) is 18.7. The highest BCUT2D eigenvalue weighted by Crippen LogP contribution is 2.28. The molecule has 1 atom stereocenters. The number of unbranched alkanes of at least 4 members (excludes halogenated alkanes) is 6. The molecule has 30 heavy (non-hydrogen) atoms. The van der Waals surface area contributed by atoms with Gasteiger partial charge in [0.15, 0.2) is 11.4 Å². The van der Waals surface area contributed by atoms with Gasteiger partial charge < -0.3 is 9.84 Å². The van der Waals surface area contributed by atoms with Gasteiger partial charge in [-0.2, -0.15) is 0 Å². The van der Waals surface area contributed by atoms with Gasteiger partial charge >= 0.3 is 5.97 Å². The van der Waals surface area contributed by atoms with Crippen molar-refractivity contribution in [2.45, 2.75) is 84.2 Å². The van der Waals surface area contributed by atoms with Crippen LogP contribution in [0.3, 0.4) is 0 Å². The largest absolute Gasteiger partial charge is 0.479 e. The van der Waals surface area contributed by atoms with Crippen molar-refractivity contribution in [2.75, 3.05) is 6.61 Å². The van der Waals surface area contributed by atoms with Crippen molar-refractivity contribution in [3.8, 4) is 11.4 Å². The van der Waals surface area contributed by atoms with Crippen molar-refractivity contribution >= 4 is 5.97 Å². The number of aryl methyl sites for hydroxylation is 1. The molecular formula is C25H36N2O3. The standard InChI is InChI=1S/C25H36N2O3/c1-4-6-7-8-9-10-11-12-20-18-26-23(27-19-20)21-13-15-22(16-14-21)25(3,24(28)29)30-17-5-2/h13-16,18-19H,4-12,17H2,1-3H3,(H,28,29). The maximum atomic E-state index is 11.7. The highest BCUT2D eigenvalue weighted by Gasteiger charge is 2.36. The molecular weight excluding hydrogens is 376 g/mol. The normalized spacial score (nSPS) is 13.2. The van der Waals surface area contributed by atoms with Gasteiger partial charge in [-0.3, -0.25) is 0 Å². The zero-order valence-corrected chi connectivity index (χ0v) is 18.7. The van der Waals surface area contributed by atoms with Crippen molar-refractivity contribution in [1.82, 2.24) is 9.97 Å². The highest BCUT2D eigenvalue weighted by atomic mass is 16.5. The molecule has 0 spiro atoms. The van der Waals surface area contributed by atoms with Gasteiger partial charge in [-0.15, -0.1) is 0 Å². The first kappa shape index (κ1) is 24.0. The second-order valence-electron chi connectivity index (χ2n) is 8.05. The SMILES string of the molecule is CCCCCCCCCc1cnc(-c2ccc(C(C)(OCCC)C(=O)O)cc2)nc1. The smallest absolute Gasteiger partial charge is 0.340 e. The molecule has 0 bridgehead atoms. The van der Waals surface area contributed by atoms with Gasteiger partial charge in [0.1, 0.15) is 0 Å². The molecule has 1 unspecified atom stereocenters. The summed E-state index contributed by atoms with van der Waals surface area (Å²) in [6.45, 7) is 6.19. The maximum absolute atomic E-state index is 11.7. The van der Waals surface area contributed by atoms with Gasteiger partial charge in [0.2, 0.25) is 0 Å². The summed E-state index contributed by atoms with van der Waals surface area (Å²) >= 11 is 0. The van der Waals surface area contributed by atoms with Crippen molar-refractivity contribution in [3.63, 3.8) is 0 Å². The number of ether oxygens (including phenoxy) is 1. The molecule has 5 nitrogen and oxygen atoms in total. The van der Waals surface area contributed by atoms with Crippen molar-refractivity contribution in [1.29, 1.82) is 0 Å². The molecule has 1 heterocycles. The Labute approximate surface area is 180 Å². The fraction of sp³-hybridized carbons (Fsp3) is 0.560. The molecule has 2 rings (SSSR count). The predicted octanol–water partition coefficient (Wildman–Crippen LogP) is 6.16. The average Bonchev–Trinajstić information content (AvgIpc) is 2.77. The first-order chi connectivity index (χ1) is 14.5. The second kappa shape index (κ2) is 12.4. The molecule has 1 N–H and O–H groups in total. The van der Waals surface area contributed by atoms with Crippen LogP contribution in [0.4, 0.5) is 0 Å². The van der Waals surface area contributed by atoms with Gasteiger partial charge in [0.25, 0.3) is 0 Å². The molecule has 0 radical (unpaired) electrons. The van der Waals surface area contributed by atoms with E-state index < -0.39 is 11.6 Å². The first-order valence-electron chi connectivity index (χ1n) is 11.3. The number of aliphatic carboxylic acids is 1. The van der Waals surface area contributed by atoms with Crippen LogP contribution < -0.4 is 0 Å². The van der Waals surface area contributed by atoms with Crippen molar-refractivity contribution in [2.24, 2.45) is 0 Å². The lowest BCUT2D eigenvalue weighted by Gasteiger charge is -2.25. The van der Waals surface area contributed by atoms with Crippen LogP contribution in [0.1, 0.15) is 83.3 Å². The summed E-state index contributed by atoms with van der Waals surface area (Å²) in [5.41, 5.74) is 1.29. The van der Waals surface area contributed by atoms with E-state index in [0.29, 0.717) is 18.0 Å². The summed E-state index contributed by atoms with van der Waals surface area (Å²) in [6, 6.07) is 7.29. The fourth-order valence-corrected chi connectivity index (χ4v) is 3.43. The van der Waals surface area contributed by atoms with E-state index >= 15 is 0 Å². The summed E-state index contributed by atoms with van der Waals surface area (Å²) in [7, 11) is 0. The van der Waals surface area contributed by atoms with Crippen LogP contribution in [-0.2, 0) is 21.6 Å². The number of aromatic nitrogens is 2. The summed E-state index contributed by atoms with van der Waals surface area (Å²) in [4.78, 5) is 20.8. The zero-order chi connectivity index (χ0) is 21.8. The van der Waals surface area contributed by atoms with Crippen LogP contribution in [-0.4, -0.2) is 27.7 Å². The van der Waals surface area contributed by atoms with Gasteiger partial charge in [-0.1, -0.05) is 76.6 Å². The number of benzene rings is 1. The van der Waals surface area contributed by atoms with E-state index in [1.165, 1.54) is 44.9 Å². The number of nitrogens with zero attached hydrogens (tertiary/aromatic N) is 2. The quantitative estimate of drug-likeness (QED) is 0.376. The van der Waals surface area contributed by atoms with Gasteiger partial charge in [-0.25, -0.2) is 14.8 Å². The van der Waals surface area contributed by atoms with E-state index in [0.717, 1.165) is 24.0 Å². The molecule has 0 aliphatic carbocycles. The third kappa shape index (κ3) is 6.91. The molecule has 0 saturated carbocycles. The molecule has 0 aliphatic rings. The Hall–Kier alpha value is -2.27. The van der Waals surface area contributed by atoms with Crippen molar-refractivity contribution in [3.05, 3.63) is 47.8 Å². The van der Waals surface area contributed by atoms with E-state index in [9.17, 15) is 9.90 Å². The summed E-state index contributed by atoms with van der Waals surface area (Å²) in [5, 5.41) is 9.62. The number of carboxylic acid groups (broad SMARTS) is 1. The van der Waals surface area contributed by atoms with E-state index in [1.54, 1.807) is 19.1 Å². The molecule has 0 fully saturated rings. The molecule has 0 aliphatic heterocycles. The molecule has 0 amide bonds. The van der Waals surface area contributed by atoms with E-state index in [4.69, 9.17) is 4.74 Å². The van der Waals surface area contributed by atoms with Crippen LogP contribution >= 0.6 is 0 Å². The van der Waals surface area contributed by atoms with Gasteiger partial charge in [-0.05, 0) is 37.3 Å². The topological polar surface area (TPSA) is 72.3 Å². The van der Waals surface area contributed by atoms with E-state index in [2.05, 4.69) is 16.9 Å². The Morgan fingerprint density at radius 1 is 0.933 bits per heavy atom. The summed E-state index contributed by atoms with van der Waals surface area (Å²) in [5.74, 6) is -0.342.